The predicted molar refractivity (Wildman–Crippen MR) is 97.4 cm³/mol. The molecule has 27 heavy (non-hydrogen) atoms. The Hall–Kier alpha value is -3.48. The van der Waals surface area contributed by atoms with Crippen molar-refractivity contribution in [3.8, 4) is 34.3 Å². The van der Waals surface area contributed by atoms with Crippen LogP contribution in [0, 0.1) is 0 Å². The largest absolute Gasteiger partial charge is 0.496 e. The molecule has 0 amide bonds. The van der Waals surface area contributed by atoms with Gasteiger partial charge in [0.15, 0.2) is 11.5 Å². The number of fused-ring (bicyclic) bond motifs is 1. The molecule has 0 N–H and O–H groups in total. The summed E-state index contributed by atoms with van der Waals surface area (Å²) in [7, 11) is 2.98. The van der Waals surface area contributed by atoms with E-state index in [0.29, 0.717) is 34.2 Å². The fourth-order valence-electron chi connectivity index (χ4n) is 2.67. The maximum absolute atomic E-state index is 11.3. The highest BCUT2D eigenvalue weighted by atomic mass is 16.6. The van der Waals surface area contributed by atoms with Gasteiger partial charge in [-0.05, 0) is 24.3 Å². The molecule has 0 aliphatic carbocycles. The Bertz CT molecular complexity index is 1020. The molecule has 0 saturated carbocycles. The maximum atomic E-state index is 11.3. The lowest BCUT2D eigenvalue weighted by Crippen LogP contribution is -2.03. The summed E-state index contributed by atoms with van der Waals surface area (Å²) < 4.78 is 26.9. The van der Waals surface area contributed by atoms with Crippen molar-refractivity contribution in [1.29, 1.82) is 0 Å². The first kappa shape index (κ1) is 18.3. The third kappa shape index (κ3) is 3.87. The van der Waals surface area contributed by atoms with E-state index in [1.807, 2.05) is 6.07 Å². The normalized spacial score (nSPS) is 10.5. The number of rotatable bonds is 5. The van der Waals surface area contributed by atoms with Crippen LogP contribution in [0.15, 0.2) is 40.8 Å². The number of hydrogen-bond acceptors (Lipinski definition) is 7. The Kier molecular flexibility index (Phi) is 5.03. The van der Waals surface area contributed by atoms with Gasteiger partial charge in [-0.3, -0.25) is 9.59 Å². The molecule has 1 heterocycles. The third-order valence-corrected chi connectivity index (χ3v) is 3.76. The molecule has 0 radical (unpaired) electrons. The van der Waals surface area contributed by atoms with E-state index in [1.165, 1.54) is 28.1 Å². The first-order chi connectivity index (χ1) is 12.9. The van der Waals surface area contributed by atoms with Crippen molar-refractivity contribution >= 4 is 22.9 Å². The van der Waals surface area contributed by atoms with E-state index in [9.17, 15) is 9.59 Å². The molecule has 3 rings (SSSR count). The number of carbonyl (C=O) groups is 2. The van der Waals surface area contributed by atoms with E-state index in [4.69, 9.17) is 23.4 Å². The first-order valence-corrected chi connectivity index (χ1v) is 8.08. The Morgan fingerprint density at radius 3 is 2.15 bits per heavy atom. The minimum absolute atomic E-state index is 0.249. The Labute approximate surface area is 155 Å². The van der Waals surface area contributed by atoms with Gasteiger partial charge < -0.3 is 23.4 Å². The zero-order valence-electron chi connectivity index (χ0n) is 15.3. The molecule has 0 bridgehead atoms. The van der Waals surface area contributed by atoms with Crippen LogP contribution in [0.4, 0.5) is 0 Å². The number of furan rings is 1. The molecule has 0 spiro atoms. The third-order valence-electron chi connectivity index (χ3n) is 3.76. The predicted octanol–water partition coefficient (Wildman–Crippen LogP) is 3.97. The number of hydrogen-bond donors (Lipinski definition) is 0. The van der Waals surface area contributed by atoms with Crippen LogP contribution in [0.5, 0.6) is 23.0 Å². The molecule has 0 unspecified atom stereocenters. The number of ether oxygens (including phenoxy) is 4. The second-order valence-corrected chi connectivity index (χ2v) is 5.70. The summed E-state index contributed by atoms with van der Waals surface area (Å²) >= 11 is 0. The molecule has 2 aromatic carbocycles. The van der Waals surface area contributed by atoms with Gasteiger partial charge in [0.05, 0.1) is 19.8 Å². The van der Waals surface area contributed by atoms with E-state index >= 15 is 0 Å². The molecular weight excluding hydrogens is 352 g/mol. The number of esters is 2. The first-order valence-electron chi connectivity index (χ1n) is 8.08. The van der Waals surface area contributed by atoms with Crippen molar-refractivity contribution in [2.75, 3.05) is 14.2 Å². The van der Waals surface area contributed by atoms with E-state index in [-0.39, 0.29) is 5.75 Å². The lowest BCUT2D eigenvalue weighted by atomic mass is 10.1. The van der Waals surface area contributed by atoms with Crippen LogP contribution in [0.25, 0.3) is 22.3 Å². The van der Waals surface area contributed by atoms with Crippen LogP contribution >= 0.6 is 0 Å². The highest BCUT2D eigenvalue weighted by Crippen LogP contribution is 2.42. The summed E-state index contributed by atoms with van der Waals surface area (Å²) in [6.07, 6.45) is 0. The van der Waals surface area contributed by atoms with Crippen molar-refractivity contribution in [1.82, 2.24) is 0 Å². The molecule has 7 heteroatoms. The topological polar surface area (TPSA) is 84.2 Å². The smallest absolute Gasteiger partial charge is 0.308 e. The Morgan fingerprint density at radius 2 is 1.52 bits per heavy atom. The van der Waals surface area contributed by atoms with Gasteiger partial charge in [-0.2, -0.15) is 0 Å². The average molecular weight is 370 g/mol. The van der Waals surface area contributed by atoms with Crippen molar-refractivity contribution in [3.63, 3.8) is 0 Å². The summed E-state index contributed by atoms with van der Waals surface area (Å²) in [5, 5.41) is 0.825. The molecule has 0 saturated heterocycles. The van der Waals surface area contributed by atoms with Gasteiger partial charge in [0, 0.05) is 31.4 Å². The maximum Gasteiger partial charge on any atom is 0.308 e. The van der Waals surface area contributed by atoms with Gasteiger partial charge >= 0.3 is 11.9 Å². The minimum atomic E-state index is -0.468. The SMILES string of the molecule is COc1cc(-c2cc3ccc(OC(C)=O)cc3o2)c(OC)cc1OC(C)=O. The molecule has 0 aliphatic rings. The highest BCUT2D eigenvalue weighted by Gasteiger charge is 2.18. The summed E-state index contributed by atoms with van der Waals surface area (Å²) in [5.74, 6) is 1.10. The van der Waals surface area contributed by atoms with Crippen LogP contribution in [-0.4, -0.2) is 26.2 Å². The Balaban J connectivity index is 2.09. The van der Waals surface area contributed by atoms with Crippen LogP contribution < -0.4 is 18.9 Å². The average Bonchev–Trinajstić information content (AvgIpc) is 3.03. The number of methoxy groups -OCH3 is 2. The lowest BCUT2D eigenvalue weighted by Gasteiger charge is -2.13. The minimum Gasteiger partial charge on any atom is -0.496 e. The molecule has 140 valence electrons. The van der Waals surface area contributed by atoms with Gasteiger partial charge in [0.1, 0.15) is 22.8 Å². The zero-order chi connectivity index (χ0) is 19.6. The van der Waals surface area contributed by atoms with Gasteiger partial charge in [0.2, 0.25) is 0 Å². The van der Waals surface area contributed by atoms with Crippen LogP contribution in [0.1, 0.15) is 13.8 Å². The van der Waals surface area contributed by atoms with Gasteiger partial charge in [-0.15, -0.1) is 0 Å². The van der Waals surface area contributed by atoms with Gasteiger partial charge in [-0.25, -0.2) is 0 Å². The molecule has 7 nitrogen and oxygen atoms in total. The van der Waals surface area contributed by atoms with Crippen molar-refractivity contribution in [2.24, 2.45) is 0 Å². The monoisotopic (exact) mass is 370 g/mol. The summed E-state index contributed by atoms with van der Waals surface area (Å²) in [4.78, 5) is 22.4. The highest BCUT2D eigenvalue weighted by molar-refractivity contribution is 5.86. The fraction of sp³-hybridized carbons (Fsp3) is 0.200. The number of carbonyl (C=O) groups excluding carboxylic acids is 2. The molecule has 3 aromatic rings. The standard InChI is InChI=1S/C20H18O7/c1-11(21)25-14-6-5-13-7-18(27-16(13)8-14)15-9-19(24-4)20(26-12(2)22)10-17(15)23-3/h5-10H,1-4H3. The van der Waals surface area contributed by atoms with E-state index in [2.05, 4.69) is 0 Å². The Morgan fingerprint density at radius 1 is 0.815 bits per heavy atom. The molecule has 0 atom stereocenters. The van der Waals surface area contributed by atoms with Gasteiger partial charge in [0.25, 0.3) is 0 Å². The van der Waals surface area contributed by atoms with Gasteiger partial charge in [-0.1, -0.05) is 0 Å². The summed E-state index contributed by atoms with van der Waals surface area (Å²) in [6.45, 7) is 2.64. The summed E-state index contributed by atoms with van der Waals surface area (Å²) in [5.41, 5.74) is 1.17. The van der Waals surface area contributed by atoms with E-state index < -0.39 is 11.9 Å². The quantitative estimate of drug-likeness (QED) is 0.496. The summed E-state index contributed by atoms with van der Waals surface area (Å²) in [6, 6.07) is 10.2. The lowest BCUT2D eigenvalue weighted by molar-refractivity contribution is -0.132. The zero-order valence-corrected chi connectivity index (χ0v) is 15.3. The van der Waals surface area contributed by atoms with Crippen LogP contribution in [0.2, 0.25) is 0 Å². The molecule has 1 aromatic heterocycles. The van der Waals surface area contributed by atoms with Crippen molar-refractivity contribution in [3.05, 3.63) is 36.4 Å². The van der Waals surface area contributed by atoms with Crippen molar-refractivity contribution in [2.45, 2.75) is 13.8 Å². The van der Waals surface area contributed by atoms with Crippen LogP contribution in [0.3, 0.4) is 0 Å². The van der Waals surface area contributed by atoms with Crippen LogP contribution in [-0.2, 0) is 9.59 Å². The second-order valence-electron chi connectivity index (χ2n) is 5.70. The van der Waals surface area contributed by atoms with Crippen molar-refractivity contribution < 1.29 is 33.0 Å². The molecular formula is C20H18O7. The fourth-order valence-corrected chi connectivity index (χ4v) is 2.67. The second kappa shape index (κ2) is 7.41. The number of benzene rings is 2. The molecule has 0 fully saturated rings. The van der Waals surface area contributed by atoms with E-state index in [0.717, 1.165) is 5.39 Å². The molecule has 0 aliphatic heterocycles. The van der Waals surface area contributed by atoms with E-state index in [1.54, 1.807) is 30.3 Å².